The Morgan fingerprint density at radius 2 is 1.57 bits per heavy atom. The smallest absolute Gasteiger partial charge is 0.407 e. The summed E-state index contributed by atoms with van der Waals surface area (Å²) < 4.78 is 37.8. The Kier molecular flexibility index (Phi) is 16.5. The van der Waals surface area contributed by atoms with Gasteiger partial charge in [-0.25, -0.2) is 4.79 Å². The minimum absolute atomic E-state index is 0.114. The van der Waals surface area contributed by atoms with Gasteiger partial charge in [0, 0.05) is 36.1 Å². The third kappa shape index (κ3) is 12.8. The van der Waals surface area contributed by atoms with Crippen LogP contribution in [0.4, 0.5) is 10.5 Å². The first-order valence-corrected chi connectivity index (χ1v) is 17.4. The van der Waals surface area contributed by atoms with Crippen molar-refractivity contribution >= 4 is 23.7 Å². The fourth-order valence-corrected chi connectivity index (χ4v) is 5.47. The first kappa shape index (κ1) is 41.1. The number of hydrogen-bond acceptors (Lipinski definition) is 12. The molecular formula is C39H45N3O12. The molecule has 54 heavy (non-hydrogen) atoms. The predicted molar refractivity (Wildman–Crippen MR) is 195 cm³/mol. The standard InChI is InChI=1S/C39H45N3O12/c1-27(32-24-35(48-2)36(25-33(32)42(46)47)53-17-8-13-38(44)49-3)41-37(43)26-52-22-21-51-20-19-50-18-16-40-39(45)54-34-23-30-11-5-4-9-28(30)14-15-29-10-6-7-12-31(29)34/h4-7,9-12,24-25,27,34H,8,13,16-23,26H2,1-3H3,(H,40,45)(H,41,43). The molecule has 2 unspecified atom stereocenters. The maximum Gasteiger partial charge on any atom is 0.407 e. The lowest BCUT2D eigenvalue weighted by atomic mass is 9.92. The molecule has 1 aliphatic carbocycles. The third-order valence-electron chi connectivity index (χ3n) is 8.17. The van der Waals surface area contributed by atoms with Gasteiger partial charge in [0.25, 0.3) is 5.69 Å². The largest absolute Gasteiger partial charge is 0.493 e. The lowest BCUT2D eigenvalue weighted by Gasteiger charge is -2.22. The van der Waals surface area contributed by atoms with Gasteiger partial charge >= 0.3 is 12.1 Å². The number of benzene rings is 3. The Labute approximate surface area is 313 Å². The van der Waals surface area contributed by atoms with E-state index < -0.39 is 35.0 Å². The minimum Gasteiger partial charge on any atom is -0.493 e. The van der Waals surface area contributed by atoms with E-state index in [0.29, 0.717) is 12.8 Å². The van der Waals surface area contributed by atoms with E-state index in [4.69, 9.17) is 28.4 Å². The van der Waals surface area contributed by atoms with E-state index in [1.807, 2.05) is 48.5 Å². The molecule has 3 aromatic carbocycles. The number of carbonyl (C=O) groups excluding carboxylic acids is 3. The highest BCUT2D eigenvalue weighted by molar-refractivity contribution is 5.78. The van der Waals surface area contributed by atoms with E-state index in [-0.39, 0.29) is 82.0 Å². The molecule has 2 amide bonds. The summed E-state index contributed by atoms with van der Waals surface area (Å²) in [5.74, 6) is 5.91. The number of rotatable bonds is 21. The molecule has 4 rings (SSSR count). The number of fused-ring (bicyclic) bond motifs is 2. The lowest BCUT2D eigenvalue weighted by molar-refractivity contribution is -0.385. The Morgan fingerprint density at radius 3 is 2.31 bits per heavy atom. The highest BCUT2D eigenvalue weighted by Gasteiger charge is 2.25. The maximum absolute atomic E-state index is 12.7. The molecule has 2 N–H and O–H groups in total. The second kappa shape index (κ2) is 21.7. The minimum atomic E-state index is -0.751. The molecule has 0 spiro atoms. The molecule has 0 aromatic heterocycles. The number of nitrogens with one attached hydrogen (secondary N) is 2. The summed E-state index contributed by atoms with van der Waals surface area (Å²) in [6.45, 7) is 2.80. The molecule has 15 nitrogen and oxygen atoms in total. The quantitative estimate of drug-likeness (QED) is 0.0509. The first-order valence-electron chi connectivity index (χ1n) is 17.4. The first-order chi connectivity index (χ1) is 26.2. The molecule has 1 aliphatic rings. The second-order valence-corrected chi connectivity index (χ2v) is 11.9. The lowest BCUT2D eigenvalue weighted by Crippen LogP contribution is -2.31. The number of carbonyl (C=O) groups is 3. The summed E-state index contributed by atoms with van der Waals surface area (Å²) in [6, 6.07) is 17.4. The summed E-state index contributed by atoms with van der Waals surface area (Å²) in [5.41, 5.74) is 3.54. The van der Waals surface area contributed by atoms with Crippen molar-refractivity contribution in [1.82, 2.24) is 10.6 Å². The number of nitrogens with zero attached hydrogens (tertiary/aromatic N) is 1. The number of methoxy groups -OCH3 is 2. The van der Waals surface area contributed by atoms with Crippen LogP contribution in [0.15, 0.2) is 60.7 Å². The number of ether oxygens (including phenoxy) is 7. The van der Waals surface area contributed by atoms with Crippen LogP contribution in [-0.4, -0.2) is 89.9 Å². The molecule has 0 bridgehead atoms. The number of alkyl carbamates (subject to hydrolysis) is 1. The maximum atomic E-state index is 12.7. The van der Waals surface area contributed by atoms with E-state index in [0.717, 1.165) is 22.3 Å². The third-order valence-corrected chi connectivity index (χ3v) is 8.17. The Bertz CT molecular complexity index is 1800. The number of amides is 2. The van der Waals surface area contributed by atoms with Crippen LogP contribution in [0, 0.1) is 22.0 Å². The van der Waals surface area contributed by atoms with Crippen molar-refractivity contribution in [1.29, 1.82) is 0 Å². The summed E-state index contributed by atoms with van der Waals surface area (Å²) in [6.07, 6.45) is -0.0641. The van der Waals surface area contributed by atoms with E-state index in [9.17, 15) is 24.5 Å². The summed E-state index contributed by atoms with van der Waals surface area (Å²) in [7, 11) is 2.68. The van der Waals surface area contributed by atoms with E-state index in [2.05, 4.69) is 27.2 Å². The van der Waals surface area contributed by atoms with Gasteiger partial charge in [0.15, 0.2) is 11.5 Å². The van der Waals surface area contributed by atoms with Crippen LogP contribution >= 0.6 is 0 Å². The molecule has 0 heterocycles. The molecular weight excluding hydrogens is 702 g/mol. The van der Waals surface area contributed by atoms with Gasteiger partial charge in [0.05, 0.1) is 76.5 Å². The van der Waals surface area contributed by atoms with Gasteiger partial charge in [-0.2, -0.15) is 0 Å². The van der Waals surface area contributed by atoms with Crippen molar-refractivity contribution in [2.75, 3.05) is 67.0 Å². The zero-order chi connectivity index (χ0) is 38.7. The van der Waals surface area contributed by atoms with Crippen LogP contribution < -0.4 is 20.1 Å². The highest BCUT2D eigenvalue weighted by atomic mass is 16.6. The van der Waals surface area contributed by atoms with Crippen molar-refractivity contribution in [3.63, 3.8) is 0 Å². The molecule has 0 radical (unpaired) electrons. The average Bonchev–Trinajstić information content (AvgIpc) is 3.16. The fourth-order valence-electron chi connectivity index (χ4n) is 5.47. The van der Waals surface area contributed by atoms with E-state index in [1.54, 1.807) is 6.92 Å². The fraction of sp³-hybridized carbons (Fsp3) is 0.410. The molecule has 15 heteroatoms. The van der Waals surface area contributed by atoms with Gasteiger partial charge in [-0.05, 0) is 37.1 Å². The number of nitro benzene ring substituents is 1. The zero-order valence-corrected chi connectivity index (χ0v) is 30.6. The van der Waals surface area contributed by atoms with Crippen LogP contribution in [0.3, 0.4) is 0 Å². The van der Waals surface area contributed by atoms with Crippen molar-refractivity contribution in [3.05, 3.63) is 98.6 Å². The normalized spacial score (nSPS) is 13.4. The summed E-state index contributed by atoms with van der Waals surface area (Å²) >= 11 is 0. The van der Waals surface area contributed by atoms with E-state index in [1.165, 1.54) is 26.4 Å². The Hall–Kier alpha value is -5.69. The molecule has 288 valence electrons. The second-order valence-electron chi connectivity index (χ2n) is 11.9. The number of nitro groups is 1. The summed E-state index contributed by atoms with van der Waals surface area (Å²) in [5, 5.41) is 17.2. The Balaban J connectivity index is 1.08. The van der Waals surface area contributed by atoms with E-state index >= 15 is 0 Å². The van der Waals surface area contributed by atoms with Crippen LogP contribution in [-0.2, 0) is 39.7 Å². The van der Waals surface area contributed by atoms with Crippen molar-refractivity contribution < 1.29 is 52.5 Å². The van der Waals surface area contributed by atoms with Crippen molar-refractivity contribution in [3.8, 4) is 23.3 Å². The van der Waals surface area contributed by atoms with Crippen LogP contribution in [0.1, 0.15) is 59.7 Å². The number of hydrogen-bond donors (Lipinski definition) is 2. The summed E-state index contributed by atoms with van der Waals surface area (Å²) in [4.78, 5) is 47.7. The molecule has 0 aliphatic heterocycles. The van der Waals surface area contributed by atoms with Crippen LogP contribution in [0.5, 0.6) is 11.5 Å². The van der Waals surface area contributed by atoms with Gasteiger partial charge in [-0.15, -0.1) is 0 Å². The molecule has 0 saturated carbocycles. The van der Waals surface area contributed by atoms with Gasteiger partial charge in [0.2, 0.25) is 5.91 Å². The molecule has 2 atom stereocenters. The van der Waals surface area contributed by atoms with Gasteiger partial charge in [-0.1, -0.05) is 48.2 Å². The van der Waals surface area contributed by atoms with Crippen molar-refractivity contribution in [2.45, 2.75) is 38.3 Å². The highest BCUT2D eigenvalue weighted by Crippen LogP contribution is 2.37. The molecule has 3 aromatic rings. The Morgan fingerprint density at radius 1 is 0.889 bits per heavy atom. The monoisotopic (exact) mass is 747 g/mol. The van der Waals surface area contributed by atoms with Crippen molar-refractivity contribution in [2.24, 2.45) is 0 Å². The number of esters is 1. The van der Waals surface area contributed by atoms with Gasteiger partial charge in [0.1, 0.15) is 12.7 Å². The SMILES string of the molecule is COC(=O)CCCOc1cc([N+](=O)[O-])c(C(C)NC(=O)COCCOCCOCCNC(=O)OC2Cc3ccccc3C#Cc3ccccc32)cc1OC. The van der Waals surface area contributed by atoms with Gasteiger partial charge < -0.3 is 43.8 Å². The van der Waals surface area contributed by atoms with Gasteiger partial charge in [-0.3, -0.25) is 19.7 Å². The zero-order valence-electron chi connectivity index (χ0n) is 30.6. The molecule has 0 saturated heterocycles. The predicted octanol–water partition coefficient (Wildman–Crippen LogP) is 4.59. The topological polar surface area (TPSA) is 183 Å². The molecule has 0 fully saturated rings. The van der Waals surface area contributed by atoms with Crippen LogP contribution in [0.25, 0.3) is 0 Å². The average molecular weight is 748 g/mol. The van der Waals surface area contributed by atoms with Crippen LogP contribution in [0.2, 0.25) is 0 Å².